The Balaban J connectivity index is 1.90. The number of hydrogen-bond acceptors (Lipinski definition) is 4. The summed E-state index contributed by atoms with van der Waals surface area (Å²) in [4.78, 5) is 12.8. The third kappa shape index (κ3) is 4.77. The highest BCUT2D eigenvalue weighted by molar-refractivity contribution is 5.79. The second-order valence-electron chi connectivity index (χ2n) is 5.59. The molecule has 0 fully saturated rings. The SMILES string of the molecule is CN(C)C(=NCCCc1nc(-c2ccc(F)cc2)no1)N(C)C. The Kier molecular flexibility index (Phi) is 5.67. The van der Waals surface area contributed by atoms with Crippen LogP contribution in [0.2, 0.25) is 0 Å². The Morgan fingerprint density at radius 2 is 1.78 bits per heavy atom. The van der Waals surface area contributed by atoms with Crippen molar-refractivity contribution < 1.29 is 8.91 Å². The van der Waals surface area contributed by atoms with Crippen molar-refractivity contribution in [3.8, 4) is 11.4 Å². The maximum absolute atomic E-state index is 12.9. The topological polar surface area (TPSA) is 57.8 Å². The molecule has 0 aliphatic carbocycles. The number of aromatic nitrogens is 2. The summed E-state index contributed by atoms with van der Waals surface area (Å²) in [6.45, 7) is 0.681. The van der Waals surface area contributed by atoms with Gasteiger partial charge in [-0.15, -0.1) is 0 Å². The smallest absolute Gasteiger partial charge is 0.227 e. The van der Waals surface area contributed by atoms with Gasteiger partial charge in [0.05, 0.1) is 0 Å². The summed E-state index contributed by atoms with van der Waals surface area (Å²) in [5, 5.41) is 3.93. The van der Waals surface area contributed by atoms with E-state index in [0.717, 1.165) is 17.9 Å². The first kappa shape index (κ1) is 16.9. The molecule has 6 nitrogen and oxygen atoms in total. The van der Waals surface area contributed by atoms with E-state index in [2.05, 4.69) is 15.1 Å². The predicted molar refractivity (Wildman–Crippen MR) is 87.7 cm³/mol. The van der Waals surface area contributed by atoms with Crippen LogP contribution in [0.5, 0.6) is 0 Å². The Morgan fingerprint density at radius 1 is 1.13 bits per heavy atom. The summed E-state index contributed by atoms with van der Waals surface area (Å²) >= 11 is 0. The molecule has 1 aromatic carbocycles. The van der Waals surface area contributed by atoms with Crippen molar-refractivity contribution in [1.82, 2.24) is 19.9 Å². The molecule has 0 unspecified atom stereocenters. The number of halogens is 1. The van der Waals surface area contributed by atoms with Crippen molar-refractivity contribution in [3.63, 3.8) is 0 Å². The number of guanidine groups is 1. The molecule has 0 saturated carbocycles. The number of aliphatic imine (C=N–C) groups is 1. The summed E-state index contributed by atoms with van der Waals surface area (Å²) in [6.07, 6.45) is 1.47. The summed E-state index contributed by atoms with van der Waals surface area (Å²) in [7, 11) is 7.86. The molecule has 1 aromatic heterocycles. The van der Waals surface area contributed by atoms with Gasteiger partial charge in [0, 0.05) is 46.7 Å². The van der Waals surface area contributed by atoms with Gasteiger partial charge in [-0.05, 0) is 30.7 Å². The third-order valence-corrected chi connectivity index (χ3v) is 3.17. The monoisotopic (exact) mass is 319 g/mol. The second kappa shape index (κ2) is 7.71. The van der Waals surface area contributed by atoms with Crippen LogP contribution >= 0.6 is 0 Å². The number of hydrogen-bond donors (Lipinski definition) is 0. The van der Waals surface area contributed by atoms with Gasteiger partial charge in [-0.3, -0.25) is 4.99 Å². The fraction of sp³-hybridized carbons (Fsp3) is 0.438. The molecule has 7 heteroatoms. The molecule has 0 radical (unpaired) electrons. The Bertz CT molecular complexity index is 639. The van der Waals surface area contributed by atoms with Crippen molar-refractivity contribution in [3.05, 3.63) is 36.0 Å². The van der Waals surface area contributed by atoms with Gasteiger partial charge in [0.1, 0.15) is 5.82 Å². The van der Waals surface area contributed by atoms with Crippen molar-refractivity contribution in [2.45, 2.75) is 12.8 Å². The van der Waals surface area contributed by atoms with Gasteiger partial charge in [0.2, 0.25) is 11.7 Å². The zero-order valence-corrected chi connectivity index (χ0v) is 14.0. The van der Waals surface area contributed by atoms with Gasteiger partial charge in [0.25, 0.3) is 0 Å². The molecule has 0 bridgehead atoms. The Hall–Kier alpha value is -2.44. The van der Waals surface area contributed by atoms with E-state index in [0.29, 0.717) is 24.7 Å². The second-order valence-corrected chi connectivity index (χ2v) is 5.59. The summed E-state index contributed by atoms with van der Waals surface area (Å²) in [6, 6.07) is 6.03. The average Bonchev–Trinajstić information content (AvgIpc) is 2.95. The largest absolute Gasteiger partial charge is 0.349 e. The van der Waals surface area contributed by atoms with Gasteiger partial charge in [0.15, 0.2) is 5.96 Å². The molecule has 0 atom stereocenters. The van der Waals surface area contributed by atoms with Crippen molar-refractivity contribution >= 4 is 5.96 Å². The first-order valence-electron chi connectivity index (χ1n) is 7.45. The van der Waals surface area contributed by atoms with E-state index in [1.165, 1.54) is 12.1 Å². The summed E-state index contributed by atoms with van der Waals surface area (Å²) < 4.78 is 18.1. The van der Waals surface area contributed by atoms with Crippen LogP contribution in [-0.2, 0) is 6.42 Å². The van der Waals surface area contributed by atoms with Gasteiger partial charge in [-0.2, -0.15) is 4.98 Å². The fourth-order valence-electron chi connectivity index (χ4n) is 2.16. The molecule has 0 N–H and O–H groups in total. The lowest BCUT2D eigenvalue weighted by Crippen LogP contribution is -2.35. The molecule has 0 aliphatic heterocycles. The molecule has 124 valence electrons. The molecule has 0 spiro atoms. The zero-order valence-electron chi connectivity index (χ0n) is 14.0. The number of benzene rings is 1. The minimum absolute atomic E-state index is 0.284. The van der Waals surface area contributed by atoms with E-state index >= 15 is 0 Å². The van der Waals surface area contributed by atoms with E-state index in [-0.39, 0.29) is 5.82 Å². The van der Waals surface area contributed by atoms with Crippen molar-refractivity contribution in [2.75, 3.05) is 34.7 Å². The molecule has 0 amide bonds. The van der Waals surface area contributed by atoms with Crippen molar-refractivity contribution in [2.24, 2.45) is 4.99 Å². The first-order valence-corrected chi connectivity index (χ1v) is 7.45. The molecule has 0 saturated heterocycles. The van der Waals surface area contributed by atoms with Gasteiger partial charge in [-0.25, -0.2) is 4.39 Å². The molecule has 0 aliphatic rings. The summed E-state index contributed by atoms with van der Waals surface area (Å²) in [5.74, 6) is 1.68. The van der Waals surface area contributed by atoms with E-state index in [4.69, 9.17) is 4.52 Å². The van der Waals surface area contributed by atoms with Crippen LogP contribution in [0.3, 0.4) is 0 Å². The van der Waals surface area contributed by atoms with Crippen LogP contribution in [0.25, 0.3) is 11.4 Å². The van der Waals surface area contributed by atoms with Crippen LogP contribution in [-0.4, -0.2) is 60.6 Å². The van der Waals surface area contributed by atoms with Crippen LogP contribution in [0.15, 0.2) is 33.8 Å². The Labute approximate surface area is 135 Å². The summed E-state index contributed by atoms with van der Waals surface area (Å²) in [5.41, 5.74) is 0.738. The van der Waals surface area contributed by atoms with E-state index in [1.54, 1.807) is 12.1 Å². The lowest BCUT2D eigenvalue weighted by molar-refractivity contribution is 0.376. The number of aryl methyl sites for hydroxylation is 1. The normalized spacial score (nSPS) is 10.5. The van der Waals surface area contributed by atoms with E-state index in [1.807, 2.05) is 38.0 Å². The minimum Gasteiger partial charge on any atom is -0.349 e. The maximum atomic E-state index is 12.9. The number of rotatable bonds is 5. The highest BCUT2D eigenvalue weighted by atomic mass is 19.1. The van der Waals surface area contributed by atoms with Crippen LogP contribution in [0, 0.1) is 5.82 Å². The quantitative estimate of drug-likeness (QED) is 0.481. The van der Waals surface area contributed by atoms with E-state index in [9.17, 15) is 4.39 Å². The standard InChI is InChI=1S/C16H22FN5O/c1-21(2)16(22(3)4)18-11-5-6-14-19-15(20-23-14)12-7-9-13(17)10-8-12/h7-10H,5-6,11H2,1-4H3. The highest BCUT2D eigenvalue weighted by Gasteiger charge is 2.09. The van der Waals surface area contributed by atoms with Gasteiger partial charge in [-0.1, -0.05) is 5.16 Å². The van der Waals surface area contributed by atoms with Crippen LogP contribution in [0.4, 0.5) is 4.39 Å². The predicted octanol–water partition coefficient (Wildman–Crippen LogP) is 2.29. The molecule has 1 heterocycles. The minimum atomic E-state index is -0.284. The lowest BCUT2D eigenvalue weighted by Gasteiger charge is -2.22. The molecule has 2 rings (SSSR count). The lowest BCUT2D eigenvalue weighted by atomic mass is 10.2. The maximum Gasteiger partial charge on any atom is 0.227 e. The van der Waals surface area contributed by atoms with Crippen molar-refractivity contribution in [1.29, 1.82) is 0 Å². The average molecular weight is 319 g/mol. The third-order valence-electron chi connectivity index (χ3n) is 3.17. The molecule has 23 heavy (non-hydrogen) atoms. The first-order chi connectivity index (χ1) is 11.0. The molecular formula is C16H22FN5O. The highest BCUT2D eigenvalue weighted by Crippen LogP contribution is 2.16. The Morgan fingerprint density at radius 3 is 2.39 bits per heavy atom. The van der Waals surface area contributed by atoms with Gasteiger partial charge < -0.3 is 14.3 Å². The zero-order chi connectivity index (χ0) is 16.8. The number of nitrogens with zero attached hydrogens (tertiary/aromatic N) is 5. The van der Waals surface area contributed by atoms with Crippen LogP contribution < -0.4 is 0 Å². The van der Waals surface area contributed by atoms with E-state index < -0.39 is 0 Å². The van der Waals surface area contributed by atoms with Crippen LogP contribution in [0.1, 0.15) is 12.3 Å². The molecular weight excluding hydrogens is 297 g/mol. The fourth-order valence-corrected chi connectivity index (χ4v) is 2.16. The van der Waals surface area contributed by atoms with Gasteiger partial charge >= 0.3 is 0 Å². The molecule has 2 aromatic rings.